The lowest BCUT2D eigenvalue weighted by molar-refractivity contribution is 0.259. The summed E-state index contributed by atoms with van der Waals surface area (Å²) in [6, 6.07) is 18.0. The average Bonchev–Trinajstić information content (AvgIpc) is 2.63. The van der Waals surface area contributed by atoms with Gasteiger partial charge in [0.15, 0.2) is 0 Å². The van der Waals surface area contributed by atoms with Crippen molar-refractivity contribution in [2.75, 3.05) is 12.4 Å². The summed E-state index contributed by atoms with van der Waals surface area (Å²) in [6.07, 6.45) is 3.30. The van der Waals surface area contributed by atoms with E-state index in [0.29, 0.717) is 16.8 Å². The Morgan fingerprint density at radius 1 is 1.12 bits per heavy atom. The molecule has 0 aliphatic heterocycles. The van der Waals surface area contributed by atoms with Crippen molar-refractivity contribution in [1.82, 2.24) is 9.78 Å². The third-order valence-electron chi connectivity index (χ3n) is 3.27. The molecule has 0 radical (unpaired) electrons. The van der Waals surface area contributed by atoms with Crippen molar-refractivity contribution in [3.63, 3.8) is 0 Å². The van der Waals surface area contributed by atoms with Crippen molar-refractivity contribution >= 4 is 11.7 Å². The number of carbonyl (C=O) groups is 1. The molecule has 0 saturated carbocycles. The molecule has 1 N–H and O–H groups in total. The quantitative estimate of drug-likeness (QED) is 0.806. The number of anilines is 1. The number of hydrogen-bond donors (Lipinski definition) is 1. The van der Waals surface area contributed by atoms with E-state index < -0.39 is 6.03 Å². The molecule has 0 unspecified atom stereocenters. The summed E-state index contributed by atoms with van der Waals surface area (Å²) < 4.78 is 6.82. The zero-order valence-corrected chi connectivity index (χ0v) is 13.1. The zero-order chi connectivity index (χ0) is 16.8. The Balaban J connectivity index is 1.74. The molecule has 0 fully saturated rings. The van der Waals surface area contributed by atoms with Crippen LogP contribution in [0.15, 0.2) is 78.0 Å². The first-order valence-corrected chi connectivity index (χ1v) is 7.35. The van der Waals surface area contributed by atoms with Gasteiger partial charge in [0.1, 0.15) is 5.75 Å². The smallest absolute Gasteiger partial charge is 0.345 e. The van der Waals surface area contributed by atoms with Crippen LogP contribution >= 0.6 is 0 Å². The highest BCUT2D eigenvalue weighted by molar-refractivity contribution is 5.90. The number of aromatic nitrogens is 2. The standard InChI is InChI=1S/C18H16N4O2/c1-24-17-9-5-6-14(12-17)20-18(23)21-15-10-11-22(19-13-15)16-7-3-2-4-8-16/h2-13H,1H3,(H,20,23)/b21-15-. The first-order valence-electron chi connectivity index (χ1n) is 7.35. The van der Waals surface area contributed by atoms with Gasteiger partial charge in [-0.25, -0.2) is 9.48 Å². The Labute approximate surface area is 139 Å². The van der Waals surface area contributed by atoms with Gasteiger partial charge in [-0.05, 0) is 30.3 Å². The van der Waals surface area contributed by atoms with Gasteiger partial charge < -0.3 is 10.1 Å². The maximum atomic E-state index is 12.0. The van der Waals surface area contributed by atoms with Gasteiger partial charge in [-0.2, -0.15) is 10.1 Å². The van der Waals surface area contributed by atoms with Crippen molar-refractivity contribution in [3.8, 4) is 11.4 Å². The second-order valence-electron chi connectivity index (χ2n) is 4.94. The fraction of sp³-hybridized carbons (Fsp3) is 0.0556. The third-order valence-corrected chi connectivity index (χ3v) is 3.27. The lowest BCUT2D eigenvalue weighted by Crippen LogP contribution is -2.14. The van der Waals surface area contributed by atoms with Gasteiger partial charge in [0, 0.05) is 18.0 Å². The third kappa shape index (κ3) is 3.86. The highest BCUT2D eigenvalue weighted by Gasteiger charge is 2.01. The minimum Gasteiger partial charge on any atom is -0.497 e. The summed E-state index contributed by atoms with van der Waals surface area (Å²) >= 11 is 0. The summed E-state index contributed by atoms with van der Waals surface area (Å²) in [6.45, 7) is 0. The van der Waals surface area contributed by atoms with Crippen LogP contribution in [0.4, 0.5) is 10.5 Å². The fourth-order valence-corrected chi connectivity index (χ4v) is 2.12. The van der Waals surface area contributed by atoms with E-state index in [-0.39, 0.29) is 0 Å². The van der Waals surface area contributed by atoms with Crippen LogP contribution in [0.1, 0.15) is 0 Å². The monoisotopic (exact) mass is 320 g/mol. The first kappa shape index (κ1) is 15.5. The Hall–Kier alpha value is -3.41. The molecule has 6 heteroatoms. The fourth-order valence-electron chi connectivity index (χ4n) is 2.12. The average molecular weight is 320 g/mol. The van der Waals surface area contributed by atoms with Gasteiger partial charge in [0.05, 0.1) is 24.4 Å². The van der Waals surface area contributed by atoms with E-state index in [9.17, 15) is 4.79 Å². The largest absolute Gasteiger partial charge is 0.497 e. The van der Waals surface area contributed by atoms with Crippen LogP contribution in [0, 0.1) is 0 Å². The number of nitrogens with one attached hydrogen (secondary N) is 1. The van der Waals surface area contributed by atoms with E-state index in [2.05, 4.69) is 15.4 Å². The Morgan fingerprint density at radius 3 is 2.67 bits per heavy atom. The van der Waals surface area contributed by atoms with Gasteiger partial charge >= 0.3 is 6.03 Å². The molecule has 0 atom stereocenters. The van der Waals surface area contributed by atoms with Crippen molar-refractivity contribution in [2.45, 2.75) is 0 Å². The predicted molar refractivity (Wildman–Crippen MR) is 91.1 cm³/mol. The maximum Gasteiger partial charge on any atom is 0.345 e. The summed E-state index contributed by atoms with van der Waals surface area (Å²) in [7, 11) is 1.57. The van der Waals surface area contributed by atoms with Crippen LogP contribution in [-0.2, 0) is 0 Å². The molecule has 120 valence electrons. The number of urea groups is 1. The summed E-state index contributed by atoms with van der Waals surface area (Å²) in [5.41, 5.74) is 1.55. The van der Waals surface area contributed by atoms with E-state index in [1.165, 1.54) is 6.20 Å². The molecule has 0 saturated heterocycles. The Morgan fingerprint density at radius 2 is 1.96 bits per heavy atom. The number of methoxy groups -OCH3 is 1. The van der Waals surface area contributed by atoms with E-state index in [4.69, 9.17) is 4.74 Å². The Bertz CT molecular complexity index is 884. The van der Waals surface area contributed by atoms with Crippen molar-refractivity contribution in [2.24, 2.45) is 4.99 Å². The lowest BCUT2D eigenvalue weighted by atomic mass is 10.3. The van der Waals surface area contributed by atoms with E-state index in [1.807, 2.05) is 30.3 Å². The molecule has 1 aromatic heterocycles. The van der Waals surface area contributed by atoms with Crippen LogP contribution < -0.4 is 15.4 Å². The molecular weight excluding hydrogens is 304 g/mol. The number of ether oxygens (including phenoxy) is 1. The van der Waals surface area contributed by atoms with Crippen molar-refractivity contribution < 1.29 is 9.53 Å². The number of nitrogens with zero attached hydrogens (tertiary/aromatic N) is 3. The number of hydrogen-bond acceptors (Lipinski definition) is 3. The highest BCUT2D eigenvalue weighted by Crippen LogP contribution is 2.16. The summed E-state index contributed by atoms with van der Waals surface area (Å²) in [4.78, 5) is 16.0. The number of amides is 2. The molecule has 6 nitrogen and oxygen atoms in total. The number of benzene rings is 2. The molecule has 24 heavy (non-hydrogen) atoms. The molecule has 0 spiro atoms. The van der Waals surface area contributed by atoms with Crippen LogP contribution in [0.2, 0.25) is 0 Å². The second-order valence-corrected chi connectivity index (χ2v) is 4.94. The topological polar surface area (TPSA) is 68.5 Å². The predicted octanol–water partition coefficient (Wildman–Crippen LogP) is 3.01. The van der Waals surface area contributed by atoms with Crippen LogP contribution in [0.5, 0.6) is 5.75 Å². The van der Waals surface area contributed by atoms with Crippen LogP contribution in [-0.4, -0.2) is 22.9 Å². The highest BCUT2D eigenvalue weighted by atomic mass is 16.5. The number of rotatable bonds is 3. The van der Waals surface area contributed by atoms with Crippen LogP contribution in [0.3, 0.4) is 0 Å². The van der Waals surface area contributed by atoms with Crippen molar-refractivity contribution in [3.05, 3.63) is 78.4 Å². The molecule has 0 bridgehead atoms. The van der Waals surface area contributed by atoms with Gasteiger partial charge in [-0.15, -0.1) is 0 Å². The second kappa shape index (κ2) is 7.23. The molecule has 0 aliphatic carbocycles. The minimum absolute atomic E-state index is 0.470. The first-order chi connectivity index (χ1) is 11.7. The molecule has 3 rings (SSSR count). The van der Waals surface area contributed by atoms with Gasteiger partial charge in [0.25, 0.3) is 0 Å². The van der Waals surface area contributed by atoms with E-state index in [1.54, 1.807) is 48.3 Å². The van der Waals surface area contributed by atoms with E-state index >= 15 is 0 Å². The normalized spacial score (nSPS) is 11.1. The SMILES string of the molecule is COc1cccc(NC(=O)/N=c2/ccn(-c3ccccc3)nc2)c1. The van der Waals surface area contributed by atoms with Crippen molar-refractivity contribution in [1.29, 1.82) is 0 Å². The zero-order valence-electron chi connectivity index (χ0n) is 13.1. The number of carbonyl (C=O) groups excluding carboxylic acids is 1. The molecular formula is C18H16N4O2. The van der Waals surface area contributed by atoms with Crippen LogP contribution in [0.25, 0.3) is 5.69 Å². The maximum absolute atomic E-state index is 12.0. The lowest BCUT2D eigenvalue weighted by Gasteiger charge is -2.05. The summed E-state index contributed by atoms with van der Waals surface area (Å²) in [5.74, 6) is 0.665. The minimum atomic E-state index is -0.470. The molecule has 3 aromatic rings. The van der Waals surface area contributed by atoms with Gasteiger partial charge in [-0.1, -0.05) is 24.3 Å². The Kier molecular flexibility index (Phi) is 4.67. The summed E-state index contributed by atoms with van der Waals surface area (Å²) in [5, 5.41) is 7.43. The molecule has 2 amide bonds. The van der Waals surface area contributed by atoms with E-state index in [0.717, 1.165) is 5.69 Å². The molecule has 2 aromatic carbocycles. The van der Waals surface area contributed by atoms with Gasteiger partial charge in [-0.3, -0.25) is 0 Å². The number of para-hydroxylation sites is 1. The molecule has 0 aliphatic rings. The van der Waals surface area contributed by atoms with Gasteiger partial charge in [0.2, 0.25) is 0 Å². The molecule has 1 heterocycles.